The fourth-order valence-electron chi connectivity index (χ4n) is 3.06. The summed E-state index contributed by atoms with van der Waals surface area (Å²) < 4.78 is 5.83. The van der Waals surface area contributed by atoms with Crippen molar-refractivity contribution in [1.29, 1.82) is 0 Å². The van der Waals surface area contributed by atoms with Crippen LogP contribution in [0.15, 0.2) is 24.3 Å². The highest BCUT2D eigenvalue weighted by atomic mass is 16.5. The molecule has 1 atom stereocenters. The molecule has 1 aliphatic carbocycles. The van der Waals surface area contributed by atoms with Crippen molar-refractivity contribution in [3.8, 4) is 0 Å². The standard InChI is InChI=1S/C16H25NO/c1-3-13-7-9-14(10-8-13)15(17)16(18-2)11-5-4-6-12-16/h7-10,15H,3-6,11-12,17H2,1-2H3. The first-order valence-electron chi connectivity index (χ1n) is 7.11. The molecule has 2 N–H and O–H groups in total. The lowest BCUT2D eigenvalue weighted by molar-refractivity contribution is -0.0595. The van der Waals surface area contributed by atoms with Crippen molar-refractivity contribution in [2.75, 3.05) is 7.11 Å². The Morgan fingerprint density at radius 1 is 1.17 bits per heavy atom. The molecule has 0 amide bonds. The SMILES string of the molecule is CCc1ccc(C(N)C2(OC)CCCCC2)cc1. The van der Waals surface area contributed by atoms with Gasteiger partial charge in [0.05, 0.1) is 11.6 Å². The molecule has 1 aromatic carbocycles. The number of hydrogen-bond acceptors (Lipinski definition) is 2. The summed E-state index contributed by atoms with van der Waals surface area (Å²) in [5, 5.41) is 0. The van der Waals surface area contributed by atoms with Crippen LogP contribution in [0.3, 0.4) is 0 Å². The van der Waals surface area contributed by atoms with Gasteiger partial charge in [-0.25, -0.2) is 0 Å². The lowest BCUT2D eigenvalue weighted by atomic mass is 9.77. The summed E-state index contributed by atoms with van der Waals surface area (Å²) in [7, 11) is 1.81. The van der Waals surface area contributed by atoms with Gasteiger partial charge in [-0.15, -0.1) is 0 Å². The molecule has 2 rings (SSSR count). The Balaban J connectivity index is 2.19. The van der Waals surface area contributed by atoms with E-state index in [1.807, 2.05) is 7.11 Å². The summed E-state index contributed by atoms with van der Waals surface area (Å²) in [4.78, 5) is 0. The first kappa shape index (κ1) is 13.6. The van der Waals surface area contributed by atoms with Crippen LogP contribution >= 0.6 is 0 Å². The monoisotopic (exact) mass is 247 g/mol. The van der Waals surface area contributed by atoms with Gasteiger partial charge in [-0.1, -0.05) is 50.5 Å². The third-order valence-corrected chi connectivity index (χ3v) is 4.42. The molecule has 100 valence electrons. The van der Waals surface area contributed by atoms with Crippen LogP contribution in [0.4, 0.5) is 0 Å². The zero-order valence-corrected chi connectivity index (χ0v) is 11.6. The number of rotatable bonds is 4. The molecule has 0 saturated heterocycles. The van der Waals surface area contributed by atoms with Crippen molar-refractivity contribution in [2.45, 2.75) is 57.1 Å². The van der Waals surface area contributed by atoms with Crippen LogP contribution in [-0.4, -0.2) is 12.7 Å². The normalized spacial score (nSPS) is 20.6. The fourth-order valence-corrected chi connectivity index (χ4v) is 3.06. The van der Waals surface area contributed by atoms with E-state index in [0.29, 0.717) is 0 Å². The van der Waals surface area contributed by atoms with Crippen LogP contribution in [0.25, 0.3) is 0 Å². The van der Waals surface area contributed by atoms with E-state index in [1.54, 1.807) is 0 Å². The number of aryl methyl sites for hydroxylation is 1. The molecule has 0 radical (unpaired) electrons. The average molecular weight is 247 g/mol. The molecule has 0 heterocycles. The quantitative estimate of drug-likeness (QED) is 0.882. The maximum atomic E-state index is 6.48. The minimum Gasteiger partial charge on any atom is -0.376 e. The second kappa shape index (κ2) is 5.85. The molecular formula is C16H25NO. The van der Waals surface area contributed by atoms with Crippen molar-refractivity contribution in [3.63, 3.8) is 0 Å². The lowest BCUT2D eigenvalue weighted by Gasteiger charge is -2.41. The Kier molecular flexibility index (Phi) is 4.41. The summed E-state index contributed by atoms with van der Waals surface area (Å²) in [6.07, 6.45) is 7.01. The van der Waals surface area contributed by atoms with Crippen LogP contribution in [0.5, 0.6) is 0 Å². The third kappa shape index (κ3) is 2.60. The van der Waals surface area contributed by atoms with E-state index >= 15 is 0 Å². The molecule has 0 aromatic heterocycles. The van der Waals surface area contributed by atoms with E-state index < -0.39 is 0 Å². The molecule has 0 spiro atoms. The largest absolute Gasteiger partial charge is 0.376 e. The van der Waals surface area contributed by atoms with Gasteiger partial charge in [0.15, 0.2) is 0 Å². The Morgan fingerprint density at radius 2 is 1.78 bits per heavy atom. The Morgan fingerprint density at radius 3 is 2.28 bits per heavy atom. The maximum absolute atomic E-state index is 6.48. The molecular weight excluding hydrogens is 222 g/mol. The Bertz CT molecular complexity index is 365. The molecule has 2 nitrogen and oxygen atoms in total. The predicted octanol–water partition coefficient (Wildman–Crippen LogP) is 3.60. The number of methoxy groups -OCH3 is 1. The predicted molar refractivity (Wildman–Crippen MR) is 75.6 cm³/mol. The van der Waals surface area contributed by atoms with Crippen LogP contribution in [0, 0.1) is 0 Å². The molecule has 0 bridgehead atoms. The average Bonchev–Trinajstić information content (AvgIpc) is 2.47. The number of benzene rings is 1. The van der Waals surface area contributed by atoms with Gasteiger partial charge in [0.1, 0.15) is 0 Å². The van der Waals surface area contributed by atoms with Gasteiger partial charge in [0, 0.05) is 7.11 Å². The van der Waals surface area contributed by atoms with Crippen molar-refractivity contribution in [3.05, 3.63) is 35.4 Å². The summed E-state index contributed by atoms with van der Waals surface area (Å²) in [6.45, 7) is 2.17. The Labute approximate surface area is 111 Å². The van der Waals surface area contributed by atoms with E-state index in [4.69, 9.17) is 10.5 Å². The summed E-state index contributed by atoms with van der Waals surface area (Å²) in [6, 6.07) is 8.69. The molecule has 1 aromatic rings. The topological polar surface area (TPSA) is 35.2 Å². The van der Waals surface area contributed by atoms with Gasteiger partial charge in [0.2, 0.25) is 0 Å². The zero-order valence-electron chi connectivity index (χ0n) is 11.6. The highest BCUT2D eigenvalue weighted by molar-refractivity contribution is 5.27. The molecule has 1 saturated carbocycles. The Hall–Kier alpha value is -0.860. The van der Waals surface area contributed by atoms with Gasteiger partial charge in [-0.3, -0.25) is 0 Å². The van der Waals surface area contributed by atoms with E-state index in [1.165, 1.54) is 30.4 Å². The number of ether oxygens (including phenoxy) is 1. The highest BCUT2D eigenvalue weighted by Crippen LogP contribution is 2.39. The van der Waals surface area contributed by atoms with Gasteiger partial charge in [-0.2, -0.15) is 0 Å². The van der Waals surface area contributed by atoms with Crippen LogP contribution in [0.2, 0.25) is 0 Å². The third-order valence-electron chi connectivity index (χ3n) is 4.42. The minimum absolute atomic E-state index is 0.00583. The van der Waals surface area contributed by atoms with Gasteiger partial charge >= 0.3 is 0 Å². The van der Waals surface area contributed by atoms with Crippen molar-refractivity contribution in [2.24, 2.45) is 5.73 Å². The second-order valence-electron chi connectivity index (χ2n) is 5.40. The molecule has 1 aliphatic rings. The van der Waals surface area contributed by atoms with E-state index in [9.17, 15) is 0 Å². The van der Waals surface area contributed by atoms with E-state index in [2.05, 4.69) is 31.2 Å². The first-order chi connectivity index (χ1) is 8.72. The summed E-state index contributed by atoms with van der Waals surface area (Å²) >= 11 is 0. The van der Waals surface area contributed by atoms with E-state index in [0.717, 1.165) is 19.3 Å². The van der Waals surface area contributed by atoms with Gasteiger partial charge in [0.25, 0.3) is 0 Å². The molecule has 1 fully saturated rings. The van der Waals surface area contributed by atoms with E-state index in [-0.39, 0.29) is 11.6 Å². The summed E-state index contributed by atoms with van der Waals surface area (Å²) in [5.41, 5.74) is 8.90. The first-order valence-corrected chi connectivity index (χ1v) is 7.11. The highest BCUT2D eigenvalue weighted by Gasteiger charge is 2.38. The van der Waals surface area contributed by atoms with Gasteiger partial charge in [-0.05, 0) is 30.4 Å². The second-order valence-corrected chi connectivity index (χ2v) is 5.40. The lowest BCUT2D eigenvalue weighted by Crippen LogP contribution is -2.44. The smallest absolute Gasteiger partial charge is 0.0870 e. The molecule has 1 unspecified atom stereocenters. The minimum atomic E-state index is -0.147. The van der Waals surface area contributed by atoms with Crippen molar-refractivity contribution < 1.29 is 4.74 Å². The van der Waals surface area contributed by atoms with Crippen molar-refractivity contribution >= 4 is 0 Å². The molecule has 2 heteroatoms. The van der Waals surface area contributed by atoms with Crippen LogP contribution < -0.4 is 5.73 Å². The number of nitrogens with two attached hydrogens (primary N) is 1. The molecule has 18 heavy (non-hydrogen) atoms. The fraction of sp³-hybridized carbons (Fsp3) is 0.625. The molecule has 0 aliphatic heterocycles. The van der Waals surface area contributed by atoms with Crippen LogP contribution in [0.1, 0.15) is 56.2 Å². The van der Waals surface area contributed by atoms with Gasteiger partial charge < -0.3 is 10.5 Å². The van der Waals surface area contributed by atoms with Crippen LogP contribution in [-0.2, 0) is 11.2 Å². The maximum Gasteiger partial charge on any atom is 0.0870 e. The number of hydrogen-bond donors (Lipinski definition) is 1. The summed E-state index contributed by atoms with van der Waals surface area (Å²) in [5.74, 6) is 0. The van der Waals surface area contributed by atoms with Crippen molar-refractivity contribution in [1.82, 2.24) is 0 Å². The zero-order chi connectivity index (χ0) is 13.0.